The minimum absolute atomic E-state index is 0.0771. The normalized spacial score (nSPS) is 11.7. The highest BCUT2D eigenvalue weighted by Crippen LogP contribution is 2.31. The van der Waals surface area contributed by atoms with E-state index in [0.717, 1.165) is 18.2 Å². The number of hydrogen-bond acceptors (Lipinski definition) is 5. The van der Waals surface area contributed by atoms with Crippen LogP contribution in [-0.4, -0.2) is 11.0 Å². The zero-order valence-electron chi connectivity index (χ0n) is 15.2. The van der Waals surface area contributed by atoms with E-state index in [4.69, 9.17) is 9.15 Å². The van der Waals surface area contributed by atoms with E-state index < -0.39 is 17.7 Å². The van der Waals surface area contributed by atoms with Crippen molar-refractivity contribution in [3.8, 4) is 17.2 Å². The van der Waals surface area contributed by atoms with E-state index in [1.165, 1.54) is 18.2 Å². The van der Waals surface area contributed by atoms with Crippen molar-refractivity contribution in [3.63, 3.8) is 0 Å². The third-order valence-electron chi connectivity index (χ3n) is 4.01. The summed E-state index contributed by atoms with van der Waals surface area (Å²) >= 11 is 0. The Labute approximate surface area is 164 Å². The highest BCUT2D eigenvalue weighted by Gasteiger charge is 2.30. The van der Waals surface area contributed by atoms with Crippen LogP contribution in [0.2, 0.25) is 0 Å². The number of rotatable bonds is 6. The number of aryl methyl sites for hydroxylation is 1. The molecule has 0 fully saturated rings. The maximum atomic E-state index is 12.7. The Morgan fingerprint density at radius 2 is 1.79 bits per heavy atom. The van der Waals surface area contributed by atoms with Crippen LogP contribution in [0.1, 0.15) is 22.6 Å². The fourth-order valence-electron chi connectivity index (χ4n) is 2.48. The second-order valence-electron chi connectivity index (χ2n) is 6.11. The third-order valence-corrected chi connectivity index (χ3v) is 4.01. The molecule has 3 rings (SSSR count). The topological polar surface area (TPSA) is 75.4 Å². The maximum absolute atomic E-state index is 12.7. The first-order valence-corrected chi connectivity index (χ1v) is 8.48. The van der Waals surface area contributed by atoms with Crippen molar-refractivity contribution in [1.29, 1.82) is 0 Å². The summed E-state index contributed by atoms with van der Waals surface area (Å²) in [5.74, 6) is -0.101. The van der Waals surface area contributed by atoms with Crippen molar-refractivity contribution in [1.82, 2.24) is 4.98 Å². The minimum atomic E-state index is -4.40. The van der Waals surface area contributed by atoms with Gasteiger partial charge in [-0.2, -0.15) is 13.2 Å². The van der Waals surface area contributed by atoms with Gasteiger partial charge in [0.1, 0.15) is 12.4 Å². The van der Waals surface area contributed by atoms with Crippen LogP contribution >= 0.6 is 0 Å². The Bertz CT molecular complexity index is 1020. The SMILES string of the molecule is Cc1nc(-c2ccc(C(F)(F)F)cc2)oc1COc1ccc(/C=C/C(=O)[O-])cc1. The quantitative estimate of drug-likeness (QED) is 0.583. The fourth-order valence-corrected chi connectivity index (χ4v) is 2.48. The van der Waals surface area contributed by atoms with Gasteiger partial charge in [0.05, 0.1) is 17.2 Å². The van der Waals surface area contributed by atoms with Crippen molar-refractivity contribution in [2.75, 3.05) is 0 Å². The Morgan fingerprint density at radius 3 is 2.38 bits per heavy atom. The Kier molecular flexibility index (Phi) is 5.72. The molecule has 0 saturated carbocycles. The number of carbonyl (C=O) groups excluding carboxylic acids is 1. The van der Waals surface area contributed by atoms with Crippen LogP contribution < -0.4 is 9.84 Å². The summed E-state index contributed by atoms with van der Waals surface area (Å²) in [6.07, 6.45) is -2.08. The molecule has 2 aromatic carbocycles. The number of oxazole rings is 1. The van der Waals surface area contributed by atoms with Crippen LogP contribution in [0.5, 0.6) is 5.75 Å². The molecule has 1 aromatic heterocycles. The molecule has 0 aliphatic rings. The molecule has 0 saturated heterocycles. The van der Waals surface area contributed by atoms with E-state index in [2.05, 4.69) is 4.98 Å². The number of hydrogen-bond donors (Lipinski definition) is 0. The van der Waals surface area contributed by atoms with Gasteiger partial charge in [-0.1, -0.05) is 18.2 Å². The molecule has 0 aliphatic carbocycles. The molecule has 0 spiro atoms. The number of carboxylic acid groups (broad SMARTS) is 1. The molecule has 3 aromatic rings. The predicted octanol–water partition coefficient (Wildman–Crippen LogP) is 4.01. The summed E-state index contributed by atoms with van der Waals surface area (Å²) in [5.41, 5.74) is 0.915. The lowest BCUT2D eigenvalue weighted by molar-refractivity contribution is -0.297. The summed E-state index contributed by atoms with van der Waals surface area (Å²) < 4.78 is 49.3. The summed E-state index contributed by atoms with van der Waals surface area (Å²) in [5, 5.41) is 10.4. The molecule has 0 atom stereocenters. The first-order valence-electron chi connectivity index (χ1n) is 8.48. The van der Waals surface area contributed by atoms with Crippen molar-refractivity contribution in [2.45, 2.75) is 19.7 Å². The molecule has 8 heteroatoms. The van der Waals surface area contributed by atoms with Crippen LogP contribution in [0.4, 0.5) is 13.2 Å². The average Bonchev–Trinajstić information content (AvgIpc) is 3.05. The molecule has 0 unspecified atom stereocenters. The van der Waals surface area contributed by atoms with Crippen molar-refractivity contribution in [2.24, 2.45) is 0 Å². The van der Waals surface area contributed by atoms with E-state index in [1.54, 1.807) is 31.2 Å². The lowest BCUT2D eigenvalue weighted by Crippen LogP contribution is -2.18. The molecule has 29 heavy (non-hydrogen) atoms. The van der Waals surface area contributed by atoms with E-state index in [0.29, 0.717) is 28.3 Å². The predicted molar refractivity (Wildman–Crippen MR) is 96.5 cm³/mol. The molecule has 0 N–H and O–H groups in total. The molecule has 0 aliphatic heterocycles. The minimum Gasteiger partial charge on any atom is -0.545 e. The number of alkyl halides is 3. The first-order chi connectivity index (χ1) is 13.7. The maximum Gasteiger partial charge on any atom is 0.416 e. The fraction of sp³-hybridized carbons (Fsp3) is 0.143. The standard InChI is InChI=1S/C21H16F3NO4/c1-13-18(12-28-17-9-2-14(3-10-17)4-11-19(26)27)29-20(25-13)15-5-7-16(8-6-15)21(22,23)24/h2-11H,12H2,1H3,(H,26,27)/p-1/b11-4+. The number of carboxylic acids is 1. The van der Waals surface area contributed by atoms with Gasteiger partial charge >= 0.3 is 6.18 Å². The molecule has 1 heterocycles. The largest absolute Gasteiger partial charge is 0.545 e. The van der Waals surface area contributed by atoms with Crippen LogP contribution in [0.15, 0.2) is 59.0 Å². The molecular weight excluding hydrogens is 387 g/mol. The Hall–Kier alpha value is -3.55. The van der Waals surface area contributed by atoms with Gasteiger partial charge in [0.2, 0.25) is 5.89 Å². The van der Waals surface area contributed by atoms with Gasteiger partial charge in [-0.3, -0.25) is 0 Å². The molecule has 0 radical (unpaired) electrons. The monoisotopic (exact) mass is 402 g/mol. The number of halogens is 3. The van der Waals surface area contributed by atoms with Gasteiger partial charge in [-0.25, -0.2) is 4.98 Å². The van der Waals surface area contributed by atoms with Crippen LogP contribution in [-0.2, 0) is 17.6 Å². The lowest BCUT2D eigenvalue weighted by atomic mass is 10.1. The molecule has 5 nitrogen and oxygen atoms in total. The number of nitrogens with zero attached hydrogens (tertiary/aromatic N) is 1. The Morgan fingerprint density at radius 1 is 1.14 bits per heavy atom. The summed E-state index contributed by atoms with van der Waals surface area (Å²) in [6.45, 7) is 1.79. The van der Waals surface area contributed by atoms with Gasteiger partial charge < -0.3 is 19.1 Å². The molecule has 0 bridgehead atoms. The van der Waals surface area contributed by atoms with Gasteiger partial charge in [-0.15, -0.1) is 0 Å². The second-order valence-corrected chi connectivity index (χ2v) is 6.11. The second kappa shape index (κ2) is 8.22. The highest BCUT2D eigenvalue weighted by molar-refractivity contribution is 5.83. The number of ether oxygens (including phenoxy) is 1. The highest BCUT2D eigenvalue weighted by atomic mass is 19.4. The summed E-state index contributed by atoms with van der Waals surface area (Å²) in [7, 11) is 0. The van der Waals surface area contributed by atoms with E-state index in [9.17, 15) is 23.1 Å². The van der Waals surface area contributed by atoms with Crippen molar-refractivity contribution >= 4 is 12.0 Å². The first kappa shape index (κ1) is 20.2. The van der Waals surface area contributed by atoms with E-state index >= 15 is 0 Å². The zero-order chi connectivity index (χ0) is 21.0. The van der Waals surface area contributed by atoms with Gasteiger partial charge in [0, 0.05) is 5.56 Å². The van der Waals surface area contributed by atoms with Gasteiger partial charge in [0.25, 0.3) is 0 Å². The van der Waals surface area contributed by atoms with E-state index in [1.807, 2.05) is 0 Å². The third kappa shape index (κ3) is 5.25. The van der Waals surface area contributed by atoms with Gasteiger partial charge in [0.15, 0.2) is 5.76 Å². The molecule has 0 amide bonds. The zero-order valence-corrected chi connectivity index (χ0v) is 15.2. The number of aliphatic carboxylic acids is 1. The lowest BCUT2D eigenvalue weighted by Gasteiger charge is -2.06. The molecule has 150 valence electrons. The van der Waals surface area contributed by atoms with Crippen molar-refractivity contribution < 1.29 is 32.2 Å². The van der Waals surface area contributed by atoms with Crippen LogP contribution in [0, 0.1) is 6.92 Å². The Balaban J connectivity index is 1.67. The summed E-state index contributed by atoms with van der Waals surface area (Å²) in [6, 6.07) is 11.2. The van der Waals surface area contributed by atoms with Crippen LogP contribution in [0.25, 0.3) is 17.5 Å². The van der Waals surface area contributed by atoms with E-state index in [-0.39, 0.29) is 12.5 Å². The molecular formula is C21H15F3NO4-. The van der Waals surface area contributed by atoms with Gasteiger partial charge in [-0.05, 0) is 55.0 Å². The van der Waals surface area contributed by atoms with Crippen LogP contribution in [0.3, 0.4) is 0 Å². The smallest absolute Gasteiger partial charge is 0.416 e. The number of aromatic nitrogens is 1. The average molecular weight is 402 g/mol. The van der Waals surface area contributed by atoms with Crippen molar-refractivity contribution in [3.05, 3.63) is 77.2 Å². The number of carbonyl (C=O) groups is 1. The summed E-state index contributed by atoms with van der Waals surface area (Å²) in [4.78, 5) is 14.6. The number of benzene rings is 2.